The Morgan fingerprint density at radius 3 is 2.62 bits per heavy atom. The molecule has 2 nitrogen and oxygen atoms in total. The Kier molecular flexibility index (Phi) is 3.48. The summed E-state index contributed by atoms with van der Waals surface area (Å²) in [6.45, 7) is 2.56. The highest BCUT2D eigenvalue weighted by Crippen LogP contribution is 2.36. The number of carbonyl (C=O) groups is 1. The van der Waals surface area contributed by atoms with Gasteiger partial charge in [0.1, 0.15) is 0 Å². The van der Waals surface area contributed by atoms with E-state index >= 15 is 0 Å². The van der Waals surface area contributed by atoms with Gasteiger partial charge in [0.2, 0.25) is 5.91 Å². The lowest BCUT2D eigenvalue weighted by molar-refractivity contribution is -0.117. The fraction of sp³-hybridized carbons (Fsp3) is 0.364. The number of nitrogens with zero attached hydrogens (tertiary/aromatic N) is 1. The van der Waals surface area contributed by atoms with Gasteiger partial charge in [-0.2, -0.15) is 0 Å². The quantitative estimate of drug-likeness (QED) is 0.720. The maximum absolute atomic E-state index is 11.8. The predicted molar refractivity (Wildman–Crippen MR) is 70.9 cm³/mol. The van der Waals surface area contributed by atoms with Crippen LogP contribution < -0.4 is 4.90 Å². The fourth-order valence-corrected chi connectivity index (χ4v) is 3.18. The molecule has 1 fully saturated rings. The second-order valence-corrected chi connectivity index (χ2v) is 6.00. The van der Waals surface area contributed by atoms with E-state index in [4.69, 9.17) is 23.2 Å². The van der Waals surface area contributed by atoms with Crippen LogP contribution in [0.3, 0.4) is 0 Å². The number of carbonyl (C=O) groups excluding carboxylic acids is 1. The molecular formula is C11H10BrCl2NO. The minimum atomic E-state index is 0.0918. The number of aryl methyl sites for hydroxylation is 1. The number of amides is 1. The summed E-state index contributed by atoms with van der Waals surface area (Å²) in [5, 5.41) is 1.12. The Morgan fingerprint density at radius 2 is 2.12 bits per heavy atom. The van der Waals surface area contributed by atoms with Crippen LogP contribution in [0.2, 0.25) is 10.0 Å². The smallest absolute Gasteiger partial charge is 0.228 e. The monoisotopic (exact) mass is 321 g/mol. The summed E-state index contributed by atoms with van der Waals surface area (Å²) in [5.41, 5.74) is 1.70. The molecule has 1 aliphatic heterocycles. The lowest BCUT2D eigenvalue weighted by atomic mass is 10.2. The molecule has 0 aromatic heterocycles. The zero-order valence-electron chi connectivity index (χ0n) is 8.64. The molecule has 0 radical (unpaired) electrons. The SMILES string of the molecule is Cc1cc(Cl)cc(Cl)c1N1CC(Br)CC1=O. The summed E-state index contributed by atoms with van der Waals surface area (Å²) in [6, 6.07) is 3.48. The highest BCUT2D eigenvalue weighted by Gasteiger charge is 2.30. The average Bonchev–Trinajstić information content (AvgIpc) is 2.43. The molecule has 1 aliphatic rings. The summed E-state index contributed by atoms with van der Waals surface area (Å²) in [4.78, 5) is 13.7. The molecule has 1 aromatic rings. The molecule has 16 heavy (non-hydrogen) atoms. The summed E-state index contributed by atoms with van der Waals surface area (Å²) in [6.07, 6.45) is 0.512. The molecule has 1 atom stereocenters. The number of hydrogen-bond donors (Lipinski definition) is 0. The van der Waals surface area contributed by atoms with Gasteiger partial charge in [-0.05, 0) is 24.6 Å². The van der Waals surface area contributed by atoms with Crippen LogP contribution in [-0.2, 0) is 4.79 Å². The van der Waals surface area contributed by atoms with Crippen LogP contribution in [0.5, 0.6) is 0 Å². The molecule has 1 amide bonds. The van der Waals surface area contributed by atoms with E-state index in [0.29, 0.717) is 23.0 Å². The Balaban J connectivity index is 2.44. The predicted octanol–water partition coefficient (Wildman–Crippen LogP) is 3.80. The summed E-state index contributed by atoms with van der Waals surface area (Å²) in [5.74, 6) is 0.0918. The van der Waals surface area contributed by atoms with Crippen molar-refractivity contribution >= 4 is 50.7 Å². The molecule has 0 N–H and O–H groups in total. The fourth-order valence-electron chi connectivity index (χ4n) is 1.92. The molecule has 0 bridgehead atoms. The van der Waals surface area contributed by atoms with Gasteiger partial charge in [-0.1, -0.05) is 39.1 Å². The number of hydrogen-bond acceptors (Lipinski definition) is 1. The number of rotatable bonds is 1. The second kappa shape index (κ2) is 4.55. The molecule has 1 heterocycles. The van der Waals surface area contributed by atoms with Crippen molar-refractivity contribution < 1.29 is 4.79 Å². The summed E-state index contributed by atoms with van der Waals surface area (Å²) < 4.78 is 0. The van der Waals surface area contributed by atoms with Gasteiger partial charge in [-0.3, -0.25) is 4.79 Å². The van der Waals surface area contributed by atoms with Gasteiger partial charge < -0.3 is 4.90 Å². The second-order valence-electron chi connectivity index (χ2n) is 3.86. The van der Waals surface area contributed by atoms with Gasteiger partial charge in [0.05, 0.1) is 10.7 Å². The molecule has 1 saturated heterocycles. The molecular weight excluding hydrogens is 313 g/mol. The molecule has 1 unspecified atom stereocenters. The van der Waals surface area contributed by atoms with Crippen molar-refractivity contribution in [3.05, 3.63) is 27.7 Å². The van der Waals surface area contributed by atoms with E-state index in [0.717, 1.165) is 11.3 Å². The van der Waals surface area contributed by atoms with Gasteiger partial charge in [-0.25, -0.2) is 0 Å². The molecule has 86 valence electrons. The zero-order valence-corrected chi connectivity index (χ0v) is 11.7. The van der Waals surface area contributed by atoms with E-state index in [1.165, 1.54) is 0 Å². The van der Waals surface area contributed by atoms with Crippen molar-refractivity contribution in [1.82, 2.24) is 0 Å². The van der Waals surface area contributed by atoms with E-state index in [-0.39, 0.29) is 10.7 Å². The van der Waals surface area contributed by atoms with Crippen molar-refractivity contribution in [1.29, 1.82) is 0 Å². The Bertz CT molecular complexity index is 427. The van der Waals surface area contributed by atoms with Crippen LogP contribution in [0, 0.1) is 6.92 Å². The number of benzene rings is 1. The van der Waals surface area contributed by atoms with Crippen LogP contribution in [0.25, 0.3) is 0 Å². The normalized spacial score (nSPS) is 20.6. The van der Waals surface area contributed by atoms with Gasteiger partial charge in [0.15, 0.2) is 0 Å². The third-order valence-electron chi connectivity index (χ3n) is 2.57. The third kappa shape index (κ3) is 2.22. The summed E-state index contributed by atoms with van der Waals surface area (Å²) in [7, 11) is 0. The standard InChI is InChI=1S/C11H10BrCl2NO/c1-6-2-8(13)4-9(14)11(6)15-5-7(12)3-10(15)16/h2,4,7H,3,5H2,1H3. The highest BCUT2D eigenvalue weighted by molar-refractivity contribution is 9.09. The van der Waals surface area contributed by atoms with Gasteiger partial charge in [0.25, 0.3) is 0 Å². The van der Waals surface area contributed by atoms with E-state index < -0.39 is 0 Å². The van der Waals surface area contributed by atoms with Crippen LogP contribution in [0.1, 0.15) is 12.0 Å². The van der Waals surface area contributed by atoms with E-state index in [2.05, 4.69) is 15.9 Å². The van der Waals surface area contributed by atoms with Crippen molar-refractivity contribution in [3.8, 4) is 0 Å². The average molecular weight is 323 g/mol. The highest BCUT2D eigenvalue weighted by atomic mass is 79.9. The molecule has 0 saturated carbocycles. The van der Waals surface area contributed by atoms with Crippen molar-refractivity contribution in [3.63, 3.8) is 0 Å². The van der Waals surface area contributed by atoms with Crippen LogP contribution in [0.15, 0.2) is 12.1 Å². The molecule has 0 aliphatic carbocycles. The van der Waals surface area contributed by atoms with E-state index in [1.54, 1.807) is 11.0 Å². The largest absolute Gasteiger partial charge is 0.310 e. The van der Waals surface area contributed by atoms with Crippen LogP contribution in [-0.4, -0.2) is 17.3 Å². The van der Waals surface area contributed by atoms with Crippen LogP contribution in [0.4, 0.5) is 5.69 Å². The maximum atomic E-state index is 11.8. The zero-order chi connectivity index (χ0) is 11.9. The number of halogens is 3. The number of alkyl halides is 1. The topological polar surface area (TPSA) is 20.3 Å². The maximum Gasteiger partial charge on any atom is 0.228 e. The Hall–Kier alpha value is -0.250. The third-order valence-corrected chi connectivity index (χ3v) is 3.69. The first-order chi connectivity index (χ1) is 7.49. The lowest BCUT2D eigenvalue weighted by Gasteiger charge is -2.20. The molecule has 0 spiro atoms. The molecule has 2 rings (SSSR count). The first kappa shape index (κ1) is 12.2. The van der Waals surface area contributed by atoms with Crippen molar-refractivity contribution in [2.45, 2.75) is 18.2 Å². The van der Waals surface area contributed by atoms with Crippen LogP contribution >= 0.6 is 39.1 Å². The summed E-state index contributed by atoms with van der Waals surface area (Å²) >= 11 is 15.5. The van der Waals surface area contributed by atoms with Gasteiger partial charge in [0, 0.05) is 22.8 Å². The lowest BCUT2D eigenvalue weighted by Crippen LogP contribution is -2.25. The number of anilines is 1. The van der Waals surface area contributed by atoms with Crippen molar-refractivity contribution in [2.75, 3.05) is 11.4 Å². The van der Waals surface area contributed by atoms with Gasteiger partial charge in [-0.15, -0.1) is 0 Å². The van der Waals surface area contributed by atoms with E-state index in [9.17, 15) is 4.79 Å². The molecule has 1 aromatic carbocycles. The van der Waals surface area contributed by atoms with E-state index in [1.807, 2.05) is 13.0 Å². The molecule has 5 heteroatoms. The Morgan fingerprint density at radius 1 is 1.44 bits per heavy atom. The minimum Gasteiger partial charge on any atom is -0.310 e. The van der Waals surface area contributed by atoms with Gasteiger partial charge >= 0.3 is 0 Å². The Labute approximate surface area is 113 Å². The first-order valence-electron chi connectivity index (χ1n) is 4.89. The minimum absolute atomic E-state index is 0.0918. The van der Waals surface area contributed by atoms with Crippen molar-refractivity contribution in [2.24, 2.45) is 0 Å². The first-order valence-corrected chi connectivity index (χ1v) is 6.56.